The molecule has 7 heteroatoms. The molecule has 4 rings (SSSR count). The molecular formula is C23H32N4O3. The van der Waals surface area contributed by atoms with Gasteiger partial charge in [0.15, 0.2) is 0 Å². The van der Waals surface area contributed by atoms with Gasteiger partial charge in [-0.2, -0.15) is 0 Å². The maximum atomic E-state index is 13.2. The Balaban J connectivity index is 1.49. The highest BCUT2D eigenvalue weighted by Crippen LogP contribution is 2.35. The van der Waals surface area contributed by atoms with Gasteiger partial charge in [0.2, 0.25) is 11.8 Å². The first-order valence-corrected chi connectivity index (χ1v) is 11.1. The summed E-state index contributed by atoms with van der Waals surface area (Å²) in [7, 11) is 0. The molecule has 3 aliphatic heterocycles. The van der Waals surface area contributed by atoms with E-state index < -0.39 is 11.6 Å². The normalized spacial score (nSPS) is 25.7. The molecule has 1 unspecified atom stereocenters. The zero-order valence-electron chi connectivity index (χ0n) is 18.0. The molecule has 0 saturated carbocycles. The fourth-order valence-corrected chi connectivity index (χ4v) is 5.46. The molecule has 2 N–H and O–H groups in total. The Kier molecular flexibility index (Phi) is 5.68. The second-order valence-electron chi connectivity index (χ2n) is 9.06. The van der Waals surface area contributed by atoms with Gasteiger partial charge in [-0.15, -0.1) is 0 Å². The number of nitrogens with zero attached hydrogens (tertiary/aromatic N) is 3. The van der Waals surface area contributed by atoms with E-state index >= 15 is 0 Å². The number of imide groups is 1. The number of anilines is 1. The van der Waals surface area contributed by atoms with Gasteiger partial charge in [0, 0.05) is 13.1 Å². The lowest BCUT2D eigenvalue weighted by molar-refractivity contribution is -0.136. The lowest BCUT2D eigenvalue weighted by atomic mass is 9.83. The van der Waals surface area contributed by atoms with Gasteiger partial charge in [-0.05, 0) is 64.3 Å². The molecule has 30 heavy (non-hydrogen) atoms. The van der Waals surface area contributed by atoms with Crippen molar-refractivity contribution in [2.45, 2.75) is 64.0 Å². The molecule has 3 amide bonds. The molecule has 0 aromatic heterocycles. The molecule has 3 fully saturated rings. The molecule has 0 spiro atoms. The molecule has 7 nitrogen and oxygen atoms in total. The van der Waals surface area contributed by atoms with Gasteiger partial charge in [0.25, 0.3) is 5.91 Å². The zero-order valence-corrected chi connectivity index (χ0v) is 18.0. The highest BCUT2D eigenvalue weighted by atomic mass is 16.2. The van der Waals surface area contributed by atoms with Crippen LogP contribution < -0.4 is 10.6 Å². The Morgan fingerprint density at radius 3 is 2.30 bits per heavy atom. The van der Waals surface area contributed by atoms with Crippen LogP contribution in [0.4, 0.5) is 5.69 Å². The highest BCUT2D eigenvalue weighted by Gasteiger charge is 2.49. The number of amides is 3. The first-order valence-electron chi connectivity index (χ1n) is 11.1. The molecule has 1 atom stereocenters. The summed E-state index contributed by atoms with van der Waals surface area (Å²) in [5, 5.41) is 0. The van der Waals surface area contributed by atoms with Crippen LogP contribution in [0.25, 0.3) is 0 Å². The lowest BCUT2D eigenvalue weighted by Gasteiger charge is -2.48. The van der Waals surface area contributed by atoms with Crippen molar-refractivity contribution < 1.29 is 14.4 Å². The summed E-state index contributed by atoms with van der Waals surface area (Å²) in [6.45, 7) is 6.94. The lowest BCUT2D eigenvalue weighted by Crippen LogP contribution is -2.64. The largest absolute Gasteiger partial charge is 0.368 e. The summed E-state index contributed by atoms with van der Waals surface area (Å²) in [6.07, 6.45) is 4.82. The average molecular weight is 413 g/mol. The van der Waals surface area contributed by atoms with E-state index in [2.05, 4.69) is 9.80 Å². The number of primary amides is 1. The van der Waals surface area contributed by atoms with Crippen LogP contribution in [0, 0.1) is 13.8 Å². The van der Waals surface area contributed by atoms with E-state index in [1.165, 1.54) is 11.3 Å². The second kappa shape index (κ2) is 8.12. The van der Waals surface area contributed by atoms with Crippen LogP contribution in [0.5, 0.6) is 0 Å². The minimum atomic E-state index is -0.615. The number of piperidine rings is 2. The third-order valence-electron chi connectivity index (χ3n) is 7.20. The van der Waals surface area contributed by atoms with E-state index in [1.807, 2.05) is 32.0 Å². The van der Waals surface area contributed by atoms with E-state index in [0.29, 0.717) is 31.6 Å². The van der Waals surface area contributed by atoms with Crippen LogP contribution >= 0.6 is 0 Å². The van der Waals surface area contributed by atoms with Gasteiger partial charge < -0.3 is 5.73 Å². The van der Waals surface area contributed by atoms with Gasteiger partial charge in [-0.3, -0.25) is 24.2 Å². The first-order chi connectivity index (χ1) is 14.3. The Hall–Kier alpha value is -2.25. The highest BCUT2D eigenvalue weighted by molar-refractivity contribution is 6.22. The van der Waals surface area contributed by atoms with Gasteiger partial charge in [0.05, 0.1) is 18.2 Å². The minimum absolute atomic E-state index is 0.153. The molecule has 1 aromatic carbocycles. The molecule has 0 aliphatic carbocycles. The predicted molar refractivity (Wildman–Crippen MR) is 115 cm³/mol. The first kappa shape index (κ1) is 21.0. The second-order valence-corrected chi connectivity index (χ2v) is 9.06. The van der Waals surface area contributed by atoms with Crippen LogP contribution in [-0.2, 0) is 14.4 Å². The van der Waals surface area contributed by atoms with Crippen LogP contribution in [0.3, 0.4) is 0 Å². The molecule has 0 radical (unpaired) electrons. The fourth-order valence-electron chi connectivity index (χ4n) is 5.46. The Labute approximate surface area is 178 Å². The standard InChI is InChI=1S/C23H32N4O3/c1-16-6-7-18(17(2)14-16)27-20(28)15-19(21(27)29)25-12-8-23(9-13-25,22(24)30)26-10-4-3-5-11-26/h6-7,14,19H,3-5,8-13,15H2,1-2H3,(H2,24,30). The Morgan fingerprint density at radius 2 is 1.70 bits per heavy atom. The Morgan fingerprint density at radius 1 is 1.03 bits per heavy atom. The summed E-state index contributed by atoms with van der Waals surface area (Å²) in [6, 6.07) is 5.32. The van der Waals surface area contributed by atoms with E-state index in [4.69, 9.17) is 5.73 Å². The summed E-state index contributed by atoms with van der Waals surface area (Å²) in [4.78, 5) is 44.1. The van der Waals surface area contributed by atoms with Crippen LogP contribution in [0.15, 0.2) is 18.2 Å². The van der Waals surface area contributed by atoms with Gasteiger partial charge in [0.1, 0.15) is 5.54 Å². The van der Waals surface area contributed by atoms with Crippen LogP contribution in [-0.4, -0.2) is 65.3 Å². The molecule has 3 aliphatic rings. The third-order valence-corrected chi connectivity index (χ3v) is 7.20. The monoisotopic (exact) mass is 412 g/mol. The molecule has 0 bridgehead atoms. The number of carbonyl (C=O) groups is 3. The number of nitrogens with two attached hydrogens (primary N) is 1. The molecular weight excluding hydrogens is 380 g/mol. The summed E-state index contributed by atoms with van der Waals surface area (Å²) in [5.41, 5.74) is 7.97. The van der Waals surface area contributed by atoms with Crippen molar-refractivity contribution >= 4 is 23.4 Å². The summed E-state index contributed by atoms with van der Waals surface area (Å²) < 4.78 is 0. The van der Waals surface area contributed by atoms with Crippen LogP contribution in [0.1, 0.15) is 49.7 Å². The summed E-state index contributed by atoms with van der Waals surface area (Å²) in [5.74, 6) is -0.564. The van der Waals surface area contributed by atoms with Crippen molar-refractivity contribution in [2.24, 2.45) is 5.73 Å². The van der Waals surface area contributed by atoms with E-state index in [1.54, 1.807) is 0 Å². The fraction of sp³-hybridized carbons (Fsp3) is 0.609. The minimum Gasteiger partial charge on any atom is -0.368 e. The van der Waals surface area contributed by atoms with Gasteiger partial charge in [-0.25, -0.2) is 4.90 Å². The van der Waals surface area contributed by atoms with Crippen LogP contribution in [0.2, 0.25) is 0 Å². The van der Waals surface area contributed by atoms with E-state index in [-0.39, 0.29) is 24.1 Å². The number of benzene rings is 1. The SMILES string of the molecule is Cc1ccc(N2C(=O)CC(N3CCC(C(N)=O)(N4CCCCC4)CC3)C2=O)c(C)c1. The zero-order chi connectivity index (χ0) is 21.5. The summed E-state index contributed by atoms with van der Waals surface area (Å²) >= 11 is 0. The van der Waals surface area contributed by atoms with E-state index in [9.17, 15) is 14.4 Å². The maximum absolute atomic E-state index is 13.2. The topological polar surface area (TPSA) is 87.0 Å². The molecule has 1 aromatic rings. The van der Waals surface area contributed by atoms with Gasteiger partial charge >= 0.3 is 0 Å². The smallest absolute Gasteiger partial charge is 0.251 e. The molecule has 162 valence electrons. The molecule has 3 saturated heterocycles. The van der Waals surface area contributed by atoms with E-state index in [0.717, 1.165) is 37.1 Å². The number of hydrogen-bond acceptors (Lipinski definition) is 5. The number of rotatable bonds is 4. The van der Waals surface area contributed by atoms with Crippen molar-refractivity contribution in [3.05, 3.63) is 29.3 Å². The quantitative estimate of drug-likeness (QED) is 0.762. The van der Waals surface area contributed by atoms with Crippen molar-refractivity contribution in [3.8, 4) is 0 Å². The van der Waals surface area contributed by atoms with Crippen molar-refractivity contribution in [1.29, 1.82) is 0 Å². The van der Waals surface area contributed by atoms with Gasteiger partial charge in [-0.1, -0.05) is 24.1 Å². The van der Waals surface area contributed by atoms with Crippen molar-refractivity contribution in [2.75, 3.05) is 31.1 Å². The predicted octanol–water partition coefficient (Wildman–Crippen LogP) is 1.74. The Bertz CT molecular complexity index is 854. The average Bonchev–Trinajstić information content (AvgIpc) is 3.03. The number of hydrogen-bond donors (Lipinski definition) is 1. The number of likely N-dealkylation sites (tertiary alicyclic amines) is 2. The molecule has 3 heterocycles. The third kappa shape index (κ3) is 3.54. The number of aryl methyl sites for hydroxylation is 2. The van der Waals surface area contributed by atoms with Crippen molar-refractivity contribution in [3.63, 3.8) is 0 Å². The van der Waals surface area contributed by atoms with Crippen molar-refractivity contribution in [1.82, 2.24) is 9.80 Å². The number of carbonyl (C=O) groups excluding carboxylic acids is 3. The maximum Gasteiger partial charge on any atom is 0.251 e.